The first-order valence-corrected chi connectivity index (χ1v) is 11.0. The third-order valence-electron chi connectivity index (χ3n) is 6.24. The summed E-state index contributed by atoms with van der Waals surface area (Å²) in [5, 5.41) is 0.558. The molecule has 2 saturated heterocycles. The summed E-state index contributed by atoms with van der Waals surface area (Å²) in [6.07, 6.45) is 2.79. The summed E-state index contributed by atoms with van der Waals surface area (Å²) in [6, 6.07) is 1.16. The Labute approximate surface area is 187 Å². The maximum absolute atomic E-state index is 12.7. The van der Waals surface area contributed by atoms with Crippen LogP contribution in [0.5, 0.6) is 5.88 Å². The average molecular weight is 453 g/mol. The Kier molecular flexibility index (Phi) is 5.81. The second-order valence-corrected chi connectivity index (χ2v) is 9.97. The number of fused-ring (bicyclic) bond motifs is 1. The normalized spacial score (nSPS) is 29.8. The standard InChI is InChI=1S/C22H29ClN2O6/c1-21(2,3)31-20(27)25-11-15(8-17(25)19(26)28-4)30-18-16(7-14(23)10-24-18)22-5-6-29-12-13(22)9-22/h7,10,13,15,17H,5-6,8-9,11-12H2,1-4H3/t13?,15-,17-,22?/m0/s1. The van der Waals surface area contributed by atoms with Crippen LogP contribution in [-0.2, 0) is 24.4 Å². The van der Waals surface area contributed by atoms with Crippen LogP contribution in [0.25, 0.3) is 0 Å². The molecule has 1 aliphatic carbocycles. The Hall–Kier alpha value is -2.06. The molecule has 8 nitrogen and oxygen atoms in total. The maximum Gasteiger partial charge on any atom is 0.411 e. The minimum absolute atomic E-state index is 0.0172. The minimum Gasteiger partial charge on any atom is -0.472 e. The van der Waals surface area contributed by atoms with E-state index in [1.807, 2.05) is 6.07 Å². The van der Waals surface area contributed by atoms with Crippen LogP contribution in [0.1, 0.15) is 45.6 Å². The third-order valence-corrected chi connectivity index (χ3v) is 6.45. The lowest BCUT2D eigenvalue weighted by molar-refractivity contribution is -0.145. The van der Waals surface area contributed by atoms with Gasteiger partial charge in [-0.25, -0.2) is 14.6 Å². The summed E-state index contributed by atoms with van der Waals surface area (Å²) < 4.78 is 22.3. The maximum atomic E-state index is 12.7. The molecule has 2 unspecified atom stereocenters. The first kappa shape index (κ1) is 22.1. The van der Waals surface area contributed by atoms with Crippen LogP contribution in [0.3, 0.4) is 0 Å². The van der Waals surface area contributed by atoms with E-state index in [0.29, 0.717) is 29.8 Å². The lowest BCUT2D eigenvalue weighted by atomic mass is 9.89. The molecule has 170 valence electrons. The summed E-state index contributed by atoms with van der Waals surface area (Å²) in [5.41, 5.74) is 0.292. The molecule has 4 rings (SSSR count). The number of methoxy groups -OCH3 is 1. The fourth-order valence-corrected chi connectivity index (χ4v) is 4.81. The Morgan fingerprint density at radius 3 is 2.81 bits per heavy atom. The lowest BCUT2D eigenvalue weighted by Gasteiger charge is -2.27. The average Bonchev–Trinajstić information content (AvgIpc) is 3.31. The van der Waals surface area contributed by atoms with E-state index in [9.17, 15) is 9.59 Å². The highest BCUT2D eigenvalue weighted by molar-refractivity contribution is 6.30. The number of esters is 1. The molecular weight excluding hydrogens is 424 g/mol. The van der Waals surface area contributed by atoms with Gasteiger partial charge < -0.3 is 18.9 Å². The van der Waals surface area contributed by atoms with Crippen LogP contribution in [0.2, 0.25) is 5.02 Å². The summed E-state index contributed by atoms with van der Waals surface area (Å²) in [6.45, 7) is 6.98. The number of aromatic nitrogens is 1. The lowest BCUT2D eigenvalue weighted by Crippen LogP contribution is -2.44. The number of carbonyl (C=O) groups is 2. The zero-order valence-corrected chi connectivity index (χ0v) is 19.1. The van der Waals surface area contributed by atoms with Crippen LogP contribution in [0, 0.1) is 5.92 Å². The van der Waals surface area contributed by atoms with Crippen molar-refractivity contribution in [1.82, 2.24) is 9.88 Å². The van der Waals surface area contributed by atoms with Crippen LogP contribution < -0.4 is 4.74 Å². The van der Waals surface area contributed by atoms with Gasteiger partial charge in [0.15, 0.2) is 0 Å². The predicted molar refractivity (Wildman–Crippen MR) is 112 cm³/mol. The van der Waals surface area contributed by atoms with Crippen LogP contribution in [0.15, 0.2) is 12.3 Å². The van der Waals surface area contributed by atoms with Gasteiger partial charge in [0, 0.05) is 30.2 Å². The number of hydrogen-bond acceptors (Lipinski definition) is 7. The van der Waals surface area contributed by atoms with Gasteiger partial charge in [-0.15, -0.1) is 0 Å². The molecule has 9 heteroatoms. The molecule has 3 heterocycles. The number of hydrogen-bond donors (Lipinski definition) is 0. The molecule has 0 bridgehead atoms. The number of likely N-dealkylation sites (tertiary alicyclic amines) is 1. The van der Waals surface area contributed by atoms with E-state index in [1.165, 1.54) is 12.0 Å². The zero-order valence-electron chi connectivity index (χ0n) is 18.4. The number of pyridine rings is 1. The number of rotatable bonds is 4. The fraction of sp³-hybridized carbons (Fsp3) is 0.682. The molecule has 4 atom stereocenters. The molecule has 3 fully saturated rings. The number of halogens is 1. The predicted octanol–water partition coefficient (Wildman–Crippen LogP) is 3.34. The van der Waals surface area contributed by atoms with Crippen molar-refractivity contribution in [2.45, 2.75) is 63.2 Å². The Bertz CT molecular complexity index is 872. The van der Waals surface area contributed by atoms with Gasteiger partial charge in [0.25, 0.3) is 0 Å². The number of amides is 1. The Morgan fingerprint density at radius 2 is 2.13 bits per heavy atom. The van der Waals surface area contributed by atoms with Crippen molar-refractivity contribution >= 4 is 23.7 Å². The van der Waals surface area contributed by atoms with Gasteiger partial charge in [0.2, 0.25) is 5.88 Å². The number of ether oxygens (including phenoxy) is 4. The molecule has 0 N–H and O–H groups in total. The monoisotopic (exact) mass is 452 g/mol. The number of nitrogens with zero attached hydrogens (tertiary/aromatic N) is 2. The van der Waals surface area contributed by atoms with Crippen molar-refractivity contribution in [3.63, 3.8) is 0 Å². The van der Waals surface area contributed by atoms with Crippen molar-refractivity contribution < 1.29 is 28.5 Å². The van der Waals surface area contributed by atoms with E-state index in [4.69, 9.17) is 30.5 Å². The zero-order chi connectivity index (χ0) is 22.4. The molecule has 3 aliphatic rings. The van der Waals surface area contributed by atoms with Crippen molar-refractivity contribution in [2.24, 2.45) is 5.92 Å². The van der Waals surface area contributed by atoms with Crippen molar-refractivity contribution in [3.8, 4) is 5.88 Å². The van der Waals surface area contributed by atoms with Gasteiger partial charge in [0.05, 0.1) is 25.3 Å². The molecular formula is C22H29ClN2O6. The van der Waals surface area contributed by atoms with Crippen LogP contribution >= 0.6 is 11.6 Å². The van der Waals surface area contributed by atoms with Gasteiger partial charge in [-0.3, -0.25) is 4.90 Å². The van der Waals surface area contributed by atoms with E-state index in [2.05, 4.69) is 4.98 Å². The van der Waals surface area contributed by atoms with Gasteiger partial charge in [-0.1, -0.05) is 11.6 Å². The van der Waals surface area contributed by atoms with Gasteiger partial charge in [-0.05, 0) is 45.6 Å². The SMILES string of the molecule is COC(=O)[C@@H]1C[C@H](Oc2ncc(Cl)cc2C23CCOCC2C3)CN1C(=O)OC(C)(C)C. The molecule has 1 aromatic heterocycles. The Balaban J connectivity index is 1.55. The molecule has 2 aliphatic heterocycles. The van der Waals surface area contributed by atoms with E-state index < -0.39 is 29.8 Å². The second-order valence-electron chi connectivity index (χ2n) is 9.54. The summed E-state index contributed by atoms with van der Waals surface area (Å²) in [7, 11) is 1.31. The smallest absolute Gasteiger partial charge is 0.411 e. The highest BCUT2D eigenvalue weighted by Gasteiger charge is 2.58. The van der Waals surface area contributed by atoms with Crippen molar-refractivity contribution in [2.75, 3.05) is 26.9 Å². The van der Waals surface area contributed by atoms with Gasteiger partial charge >= 0.3 is 12.1 Å². The summed E-state index contributed by atoms with van der Waals surface area (Å²) in [5.74, 6) is 0.452. The largest absolute Gasteiger partial charge is 0.472 e. The van der Waals surface area contributed by atoms with Crippen molar-refractivity contribution in [3.05, 3.63) is 22.8 Å². The Morgan fingerprint density at radius 1 is 1.35 bits per heavy atom. The highest BCUT2D eigenvalue weighted by Crippen LogP contribution is 2.60. The second kappa shape index (κ2) is 8.13. The van der Waals surface area contributed by atoms with E-state index in [1.54, 1.807) is 27.0 Å². The fourth-order valence-electron chi connectivity index (χ4n) is 4.65. The highest BCUT2D eigenvalue weighted by atomic mass is 35.5. The third kappa shape index (κ3) is 4.46. The molecule has 31 heavy (non-hydrogen) atoms. The molecule has 0 radical (unpaired) electrons. The molecule has 1 aromatic rings. The van der Waals surface area contributed by atoms with Crippen molar-refractivity contribution in [1.29, 1.82) is 0 Å². The van der Waals surface area contributed by atoms with Crippen LogP contribution in [-0.4, -0.2) is 66.6 Å². The first-order chi connectivity index (χ1) is 14.6. The van der Waals surface area contributed by atoms with E-state index in [0.717, 1.165) is 25.0 Å². The van der Waals surface area contributed by atoms with Gasteiger partial charge in [-0.2, -0.15) is 0 Å². The summed E-state index contributed by atoms with van der Waals surface area (Å²) >= 11 is 6.26. The molecule has 0 aromatic carbocycles. The molecule has 1 saturated carbocycles. The molecule has 0 spiro atoms. The quantitative estimate of drug-likeness (QED) is 0.647. The summed E-state index contributed by atoms with van der Waals surface area (Å²) in [4.78, 5) is 30.9. The number of carbonyl (C=O) groups excluding carboxylic acids is 2. The van der Waals surface area contributed by atoms with Gasteiger partial charge in [0.1, 0.15) is 17.7 Å². The first-order valence-electron chi connectivity index (χ1n) is 10.6. The van der Waals surface area contributed by atoms with E-state index in [-0.39, 0.29) is 12.0 Å². The van der Waals surface area contributed by atoms with Crippen LogP contribution in [0.4, 0.5) is 4.79 Å². The molecule has 1 amide bonds. The minimum atomic E-state index is -0.768. The van der Waals surface area contributed by atoms with E-state index >= 15 is 0 Å². The topological polar surface area (TPSA) is 87.2 Å².